The van der Waals surface area contributed by atoms with E-state index < -0.39 is 34.4 Å². The van der Waals surface area contributed by atoms with Gasteiger partial charge in [-0.3, -0.25) is 9.59 Å². The van der Waals surface area contributed by atoms with Crippen LogP contribution in [-0.4, -0.2) is 48.3 Å². The summed E-state index contributed by atoms with van der Waals surface area (Å²) in [6.07, 6.45) is 1.23. The van der Waals surface area contributed by atoms with Crippen molar-refractivity contribution in [3.8, 4) is 0 Å². The van der Waals surface area contributed by atoms with Gasteiger partial charge in [0.05, 0.1) is 10.8 Å². The van der Waals surface area contributed by atoms with Crippen LogP contribution in [0.2, 0.25) is 0 Å². The van der Waals surface area contributed by atoms with Crippen molar-refractivity contribution >= 4 is 23.3 Å². The second-order valence-corrected chi connectivity index (χ2v) is 9.91. The molecule has 2 saturated heterocycles. The minimum Gasteiger partial charge on any atom is -0.481 e. The standard InChI is InChI=1S/C26H31F2N3O4/c1-25(23(32)33,15-7-9-29-13-15)19-11-17(3-5-21(19)27)31-18-4-6-22(28)20(12-18)26(2,24(34)35)16-8-10-30-14-16/h3-6,11-12,15-16,29-31H,7-10,13-14H2,1-2H3,(H,32,33)(H,34,35)/t15?,16?,25-,26-/m1/s1. The Kier molecular flexibility index (Phi) is 6.83. The lowest BCUT2D eigenvalue weighted by Crippen LogP contribution is -2.42. The smallest absolute Gasteiger partial charge is 0.314 e. The lowest BCUT2D eigenvalue weighted by atomic mass is 9.70. The van der Waals surface area contributed by atoms with Crippen molar-refractivity contribution in [1.29, 1.82) is 0 Å². The maximum atomic E-state index is 14.9. The predicted octanol–water partition coefficient (Wildman–Crippen LogP) is 3.61. The number of hydrogen-bond donors (Lipinski definition) is 5. The van der Waals surface area contributed by atoms with Crippen molar-refractivity contribution in [2.45, 2.75) is 37.5 Å². The summed E-state index contributed by atoms with van der Waals surface area (Å²) >= 11 is 0. The highest BCUT2D eigenvalue weighted by molar-refractivity contribution is 5.83. The number of hydrogen-bond acceptors (Lipinski definition) is 5. The Morgan fingerprint density at radius 3 is 1.54 bits per heavy atom. The Morgan fingerprint density at radius 2 is 1.23 bits per heavy atom. The number of aliphatic carboxylic acids is 2. The molecule has 0 radical (unpaired) electrons. The normalized spacial score (nSPS) is 23.4. The lowest BCUT2D eigenvalue weighted by Gasteiger charge is -2.32. The number of halogens is 2. The van der Waals surface area contributed by atoms with Gasteiger partial charge < -0.3 is 26.2 Å². The molecule has 0 aliphatic carbocycles. The van der Waals surface area contributed by atoms with E-state index >= 15 is 0 Å². The quantitative estimate of drug-likeness (QED) is 0.387. The molecule has 2 aromatic rings. The van der Waals surface area contributed by atoms with Crippen LogP contribution in [0, 0.1) is 23.5 Å². The SMILES string of the molecule is C[C@](C(=O)O)(c1cc(Nc2ccc(F)c([C@](C)(C(=O)O)C3CCNC3)c2)ccc1F)C1CCNC1. The molecule has 35 heavy (non-hydrogen) atoms. The van der Waals surface area contributed by atoms with Crippen LogP contribution in [0.25, 0.3) is 0 Å². The van der Waals surface area contributed by atoms with E-state index in [1.54, 1.807) is 13.8 Å². The maximum Gasteiger partial charge on any atom is 0.314 e. The van der Waals surface area contributed by atoms with E-state index in [9.17, 15) is 28.6 Å². The molecule has 5 N–H and O–H groups in total. The molecule has 0 spiro atoms. The Bertz CT molecular complexity index is 1040. The van der Waals surface area contributed by atoms with E-state index in [0.29, 0.717) is 50.4 Å². The van der Waals surface area contributed by atoms with Crippen LogP contribution in [0.3, 0.4) is 0 Å². The molecule has 2 unspecified atom stereocenters. The fourth-order valence-corrected chi connectivity index (χ4v) is 5.48. The number of carboxylic acids is 2. The van der Waals surface area contributed by atoms with E-state index in [0.717, 1.165) is 0 Å². The van der Waals surface area contributed by atoms with Gasteiger partial charge in [0.25, 0.3) is 0 Å². The molecule has 0 saturated carbocycles. The fraction of sp³-hybridized carbons (Fsp3) is 0.462. The third-order valence-corrected chi connectivity index (χ3v) is 7.98. The lowest BCUT2D eigenvalue weighted by molar-refractivity contribution is -0.146. The molecule has 2 fully saturated rings. The van der Waals surface area contributed by atoms with Crippen LogP contribution in [0.4, 0.5) is 20.2 Å². The van der Waals surface area contributed by atoms with Crippen molar-refractivity contribution in [2.24, 2.45) is 11.8 Å². The Labute approximate surface area is 202 Å². The molecule has 0 amide bonds. The number of anilines is 2. The summed E-state index contributed by atoms with van der Waals surface area (Å²) in [5.74, 6) is -3.99. The zero-order valence-electron chi connectivity index (χ0n) is 19.8. The minimum absolute atomic E-state index is 0.0680. The third-order valence-electron chi connectivity index (χ3n) is 7.98. The van der Waals surface area contributed by atoms with E-state index in [1.165, 1.54) is 36.4 Å². The van der Waals surface area contributed by atoms with E-state index in [1.807, 2.05) is 0 Å². The highest BCUT2D eigenvalue weighted by Gasteiger charge is 2.47. The number of benzene rings is 2. The summed E-state index contributed by atoms with van der Waals surface area (Å²) in [5.41, 5.74) is -1.88. The minimum atomic E-state index is -1.43. The first-order valence-electron chi connectivity index (χ1n) is 11.8. The molecule has 4 atom stereocenters. The number of nitrogens with one attached hydrogen (secondary N) is 3. The van der Waals surface area contributed by atoms with Gasteiger partial charge in [-0.2, -0.15) is 0 Å². The average molecular weight is 488 g/mol. The van der Waals surface area contributed by atoms with Gasteiger partial charge in [0.15, 0.2) is 0 Å². The Morgan fingerprint density at radius 1 is 0.829 bits per heavy atom. The number of rotatable bonds is 8. The third kappa shape index (κ3) is 4.38. The summed E-state index contributed by atoms with van der Waals surface area (Å²) in [4.78, 5) is 24.6. The summed E-state index contributed by atoms with van der Waals surface area (Å²) < 4.78 is 29.8. The van der Waals surface area contributed by atoms with Gasteiger partial charge >= 0.3 is 11.9 Å². The highest BCUT2D eigenvalue weighted by atomic mass is 19.1. The van der Waals surface area contributed by atoms with E-state index in [-0.39, 0.29) is 23.0 Å². The topological polar surface area (TPSA) is 111 Å². The number of carbonyl (C=O) groups is 2. The molecule has 7 nitrogen and oxygen atoms in total. The van der Waals surface area contributed by atoms with Gasteiger partial charge in [0.2, 0.25) is 0 Å². The van der Waals surface area contributed by atoms with Gasteiger partial charge in [-0.25, -0.2) is 8.78 Å². The maximum absolute atomic E-state index is 14.9. The fourth-order valence-electron chi connectivity index (χ4n) is 5.48. The number of carboxylic acid groups (broad SMARTS) is 2. The molecule has 4 rings (SSSR count). The van der Waals surface area contributed by atoms with Crippen molar-refractivity contribution in [3.63, 3.8) is 0 Å². The van der Waals surface area contributed by atoms with Crippen LogP contribution in [0.1, 0.15) is 37.8 Å². The first-order valence-corrected chi connectivity index (χ1v) is 11.8. The van der Waals surface area contributed by atoms with Crippen LogP contribution in [-0.2, 0) is 20.4 Å². The van der Waals surface area contributed by atoms with Gasteiger partial charge in [-0.05, 0) is 101 Å². The first-order chi connectivity index (χ1) is 16.6. The Balaban J connectivity index is 1.70. The monoisotopic (exact) mass is 487 g/mol. The molecule has 2 heterocycles. The summed E-state index contributed by atoms with van der Waals surface area (Å²) in [5, 5.41) is 29.5. The van der Waals surface area contributed by atoms with E-state index in [2.05, 4.69) is 16.0 Å². The Hall–Kier alpha value is -3.04. The zero-order chi connectivity index (χ0) is 25.4. The highest BCUT2D eigenvalue weighted by Crippen LogP contribution is 2.41. The molecular formula is C26H31F2N3O4. The molecule has 2 aliphatic rings. The molecule has 0 bridgehead atoms. The van der Waals surface area contributed by atoms with Crippen LogP contribution < -0.4 is 16.0 Å². The first kappa shape index (κ1) is 25.1. The van der Waals surface area contributed by atoms with Gasteiger partial charge in [-0.1, -0.05) is 0 Å². The van der Waals surface area contributed by atoms with Crippen molar-refractivity contribution in [2.75, 3.05) is 31.5 Å². The average Bonchev–Trinajstić information content (AvgIpc) is 3.55. The van der Waals surface area contributed by atoms with Crippen molar-refractivity contribution < 1.29 is 28.6 Å². The van der Waals surface area contributed by atoms with Gasteiger partial charge in [0, 0.05) is 22.5 Å². The molecule has 2 aromatic carbocycles. The molecule has 2 aliphatic heterocycles. The summed E-state index contributed by atoms with van der Waals surface area (Å²) in [6.45, 7) is 5.38. The van der Waals surface area contributed by atoms with Crippen molar-refractivity contribution in [1.82, 2.24) is 10.6 Å². The molecule has 0 aromatic heterocycles. The second kappa shape index (κ2) is 9.54. The van der Waals surface area contributed by atoms with Crippen LogP contribution in [0.5, 0.6) is 0 Å². The summed E-state index contributed by atoms with van der Waals surface area (Å²) in [6, 6.07) is 8.35. The van der Waals surface area contributed by atoms with Crippen LogP contribution >= 0.6 is 0 Å². The second-order valence-electron chi connectivity index (χ2n) is 9.91. The van der Waals surface area contributed by atoms with E-state index in [4.69, 9.17) is 0 Å². The molecule has 188 valence electrons. The zero-order valence-corrected chi connectivity index (χ0v) is 19.8. The molecular weight excluding hydrogens is 456 g/mol. The summed E-state index contributed by atoms with van der Waals surface area (Å²) in [7, 11) is 0. The van der Waals surface area contributed by atoms with Crippen molar-refractivity contribution in [3.05, 3.63) is 59.2 Å². The largest absolute Gasteiger partial charge is 0.481 e. The van der Waals surface area contributed by atoms with Gasteiger partial charge in [-0.15, -0.1) is 0 Å². The van der Waals surface area contributed by atoms with Crippen LogP contribution in [0.15, 0.2) is 36.4 Å². The molecule has 9 heteroatoms. The van der Waals surface area contributed by atoms with Gasteiger partial charge in [0.1, 0.15) is 11.6 Å². The predicted molar refractivity (Wildman–Crippen MR) is 128 cm³/mol.